The number of hydrogen-bond acceptors (Lipinski definition) is 4. The fraction of sp³-hybridized carbons (Fsp3) is 0.200. The number of hydrogen-bond donors (Lipinski definition) is 1. The topological polar surface area (TPSA) is 70.6 Å². The molecule has 0 aliphatic heterocycles. The van der Waals surface area contributed by atoms with Crippen LogP contribution in [0.4, 0.5) is 0 Å². The molecule has 0 spiro atoms. The maximum absolute atomic E-state index is 8.77. The number of pyridine rings is 1. The fourth-order valence-corrected chi connectivity index (χ4v) is 1.30. The molecular formula is C10H9N3O2. The molecule has 0 unspecified atom stereocenters. The van der Waals surface area contributed by atoms with Gasteiger partial charge in [-0.25, -0.2) is 4.52 Å². The summed E-state index contributed by atoms with van der Waals surface area (Å²) in [5, 5.41) is 21.4. The van der Waals surface area contributed by atoms with Gasteiger partial charge in [-0.1, -0.05) is 0 Å². The maximum Gasteiger partial charge on any atom is 0.137 e. The van der Waals surface area contributed by atoms with Crippen molar-refractivity contribution in [1.82, 2.24) is 9.61 Å². The Morgan fingerprint density at radius 2 is 2.40 bits per heavy atom. The summed E-state index contributed by atoms with van der Waals surface area (Å²) in [5.74, 6) is 0.615. The third-order valence-corrected chi connectivity index (χ3v) is 1.97. The number of nitrogens with zero attached hydrogens (tertiary/aromatic N) is 3. The Kier molecular flexibility index (Phi) is 2.52. The van der Waals surface area contributed by atoms with E-state index in [0.717, 1.165) is 5.52 Å². The van der Waals surface area contributed by atoms with Crippen LogP contribution >= 0.6 is 0 Å². The Balaban J connectivity index is 2.36. The number of aromatic nitrogens is 2. The third-order valence-electron chi connectivity index (χ3n) is 1.97. The quantitative estimate of drug-likeness (QED) is 0.792. The number of aliphatic hydroxyl groups is 1. The number of fused-ring (bicyclic) bond motifs is 1. The van der Waals surface area contributed by atoms with Crippen molar-refractivity contribution in [2.75, 3.05) is 13.2 Å². The Morgan fingerprint density at radius 1 is 1.53 bits per heavy atom. The van der Waals surface area contributed by atoms with Crippen LogP contribution in [0.1, 0.15) is 5.56 Å². The van der Waals surface area contributed by atoms with E-state index in [1.807, 2.05) is 6.07 Å². The van der Waals surface area contributed by atoms with Crippen LogP contribution in [0.25, 0.3) is 5.52 Å². The van der Waals surface area contributed by atoms with Crippen molar-refractivity contribution < 1.29 is 9.84 Å². The van der Waals surface area contributed by atoms with E-state index in [0.29, 0.717) is 11.3 Å². The SMILES string of the molecule is N#Cc1cnn2cc(OCCO)ccc12. The van der Waals surface area contributed by atoms with E-state index >= 15 is 0 Å². The number of ether oxygens (including phenoxy) is 1. The molecule has 5 heteroatoms. The van der Waals surface area contributed by atoms with Crippen LogP contribution in [0.5, 0.6) is 5.75 Å². The average molecular weight is 203 g/mol. The van der Waals surface area contributed by atoms with Gasteiger partial charge in [0.2, 0.25) is 0 Å². The minimum absolute atomic E-state index is 0.0272. The number of nitriles is 1. The highest BCUT2D eigenvalue weighted by atomic mass is 16.5. The molecule has 0 aliphatic rings. The normalized spacial score (nSPS) is 10.1. The van der Waals surface area contributed by atoms with Gasteiger partial charge in [-0.05, 0) is 12.1 Å². The number of aliphatic hydroxyl groups excluding tert-OH is 1. The van der Waals surface area contributed by atoms with Crippen LogP contribution in [-0.2, 0) is 0 Å². The molecule has 0 aliphatic carbocycles. The summed E-state index contributed by atoms with van der Waals surface area (Å²) < 4.78 is 6.79. The van der Waals surface area contributed by atoms with Crippen LogP contribution in [0.2, 0.25) is 0 Å². The molecule has 2 rings (SSSR count). The molecule has 1 N–H and O–H groups in total. The first-order valence-electron chi connectivity index (χ1n) is 4.46. The lowest BCUT2D eigenvalue weighted by molar-refractivity contribution is 0.201. The van der Waals surface area contributed by atoms with Gasteiger partial charge in [-0.3, -0.25) is 0 Å². The molecule has 15 heavy (non-hydrogen) atoms. The van der Waals surface area contributed by atoms with E-state index in [4.69, 9.17) is 15.1 Å². The summed E-state index contributed by atoms with van der Waals surface area (Å²) in [7, 11) is 0. The van der Waals surface area contributed by atoms with Gasteiger partial charge in [-0.2, -0.15) is 10.4 Å². The van der Waals surface area contributed by atoms with Gasteiger partial charge < -0.3 is 9.84 Å². The zero-order valence-electron chi connectivity index (χ0n) is 7.92. The van der Waals surface area contributed by atoms with Crippen molar-refractivity contribution in [3.63, 3.8) is 0 Å². The Morgan fingerprint density at radius 3 is 3.13 bits per heavy atom. The van der Waals surface area contributed by atoms with Crippen LogP contribution in [-0.4, -0.2) is 27.9 Å². The van der Waals surface area contributed by atoms with E-state index in [9.17, 15) is 0 Å². The van der Waals surface area contributed by atoms with Crippen molar-refractivity contribution in [1.29, 1.82) is 5.26 Å². The predicted molar refractivity (Wildman–Crippen MR) is 52.5 cm³/mol. The molecule has 0 aromatic carbocycles. The summed E-state index contributed by atoms with van der Waals surface area (Å²) in [4.78, 5) is 0. The summed E-state index contributed by atoms with van der Waals surface area (Å²) >= 11 is 0. The highest BCUT2D eigenvalue weighted by Gasteiger charge is 2.03. The van der Waals surface area contributed by atoms with Gasteiger partial charge in [0.25, 0.3) is 0 Å². The summed E-state index contributed by atoms with van der Waals surface area (Å²) in [6, 6.07) is 5.55. The lowest BCUT2D eigenvalue weighted by Crippen LogP contribution is -2.02. The minimum Gasteiger partial charge on any atom is -0.490 e. The van der Waals surface area contributed by atoms with E-state index < -0.39 is 0 Å². The van der Waals surface area contributed by atoms with Crippen LogP contribution in [0, 0.1) is 11.3 Å². The molecule has 76 valence electrons. The summed E-state index contributed by atoms with van der Waals surface area (Å²) in [6.45, 7) is 0.221. The first kappa shape index (κ1) is 9.49. The van der Waals surface area contributed by atoms with Gasteiger partial charge in [0.1, 0.15) is 18.4 Å². The third kappa shape index (κ3) is 1.75. The van der Waals surface area contributed by atoms with Gasteiger partial charge in [0, 0.05) is 0 Å². The van der Waals surface area contributed by atoms with Crippen LogP contribution < -0.4 is 4.74 Å². The molecule has 5 nitrogen and oxygen atoms in total. The van der Waals surface area contributed by atoms with Crippen molar-refractivity contribution >= 4 is 5.52 Å². The van der Waals surface area contributed by atoms with Crippen LogP contribution in [0.15, 0.2) is 24.5 Å². The Bertz CT molecular complexity index is 513. The summed E-state index contributed by atoms with van der Waals surface area (Å²) in [5.41, 5.74) is 1.28. The first-order valence-corrected chi connectivity index (χ1v) is 4.46. The maximum atomic E-state index is 8.77. The smallest absolute Gasteiger partial charge is 0.137 e. The molecule has 0 radical (unpaired) electrons. The standard InChI is InChI=1S/C10H9N3O2/c11-5-8-6-12-13-7-9(15-4-3-14)1-2-10(8)13/h1-2,6-7,14H,3-4H2. The summed E-state index contributed by atoms with van der Waals surface area (Å²) in [6.07, 6.45) is 3.18. The van der Waals surface area contributed by atoms with Crippen molar-refractivity contribution in [2.45, 2.75) is 0 Å². The Labute approximate surface area is 86.1 Å². The van der Waals surface area contributed by atoms with E-state index in [1.165, 1.54) is 6.20 Å². The zero-order valence-corrected chi connectivity index (χ0v) is 7.92. The second kappa shape index (κ2) is 3.98. The second-order valence-electron chi connectivity index (χ2n) is 2.94. The minimum atomic E-state index is -0.0272. The highest BCUT2D eigenvalue weighted by molar-refractivity contribution is 5.60. The monoisotopic (exact) mass is 203 g/mol. The van der Waals surface area contributed by atoms with Crippen molar-refractivity contribution in [2.24, 2.45) is 0 Å². The molecule has 0 fully saturated rings. The second-order valence-corrected chi connectivity index (χ2v) is 2.94. The lowest BCUT2D eigenvalue weighted by Gasteiger charge is -2.03. The Hall–Kier alpha value is -2.06. The zero-order chi connectivity index (χ0) is 10.7. The molecule has 0 saturated heterocycles. The first-order chi connectivity index (χ1) is 7.35. The van der Waals surface area contributed by atoms with E-state index in [1.54, 1.807) is 22.8 Å². The molecule has 0 bridgehead atoms. The fourth-order valence-electron chi connectivity index (χ4n) is 1.30. The molecule has 0 atom stereocenters. The molecule has 2 aromatic heterocycles. The highest BCUT2D eigenvalue weighted by Crippen LogP contribution is 2.15. The molecule has 0 saturated carbocycles. The van der Waals surface area contributed by atoms with E-state index in [-0.39, 0.29) is 13.2 Å². The predicted octanol–water partition coefficient (Wildman–Crippen LogP) is 0.577. The largest absolute Gasteiger partial charge is 0.490 e. The van der Waals surface area contributed by atoms with Gasteiger partial charge in [0.15, 0.2) is 0 Å². The van der Waals surface area contributed by atoms with Gasteiger partial charge in [-0.15, -0.1) is 0 Å². The molecule has 2 heterocycles. The molecular weight excluding hydrogens is 194 g/mol. The van der Waals surface area contributed by atoms with Gasteiger partial charge in [0.05, 0.1) is 30.1 Å². The lowest BCUT2D eigenvalue weighted by atomic mass is 10.3. The van der Waals surface area contributed by atoms with Crippen LogP contribution in [0.3, 0.4) is 0 Å². The van der Waals surface area contributed by atoms with Crippen molar-refractivity contribution in [3.8, 4) is 11.8 Å². The molecule has 0 amide bonds. The number of rotatable bonds is 3. The van der Waals surface area contributed by atoms with E-state index in [2.05, 4.69) is 5.10 Å². The average Bonchev–Trinajstić information content (AvgIpc) is 2.68. The van der Waals surface area contributed by atoms with Crippen molar-refractivity contribution in [3.05, 3.63) is 30.1 Å². The molecule has 2 aromatic rings. The van der Waals surface area contributed by atoms with Gasteiger partial charge >= 0.3 is 0 Å².